The molecule has 3 amide bonds. The number of ether oxygens (including phenoxy) is 2. The molecule has 14 heteroatoms. The number of imide groups is 1. The summed E-state index contributed by atoms with van der Waals surface area (Å²) in [7, 11) is 1.74. The molecule has 3 N–H and O–H groups in total. The molecule has 12 nitrogen and oxygen atoms in total. The van der Waals surface area contributed by atoms with Gasteiger partial charge < -0.3 is 20.1 Å². The van der Waals surface area contributed by atoms with Crippen LogP contribution in [0.5, 0.6) is 5.75 Å². The molecule has 0 atom stereocenters. The van der Waals surface area contributed by atoms with Crippen LogP contribution >= 0.6 is 0 Å². The number of carbonyl (C=O) groups excluding carboxylic acids is 2. The number of hydrogen-bond donors (Lipinski definition) is 3. The lowest BCUT2D eigenvalue weighted by Gasteiger charge is -2.26. The van der Waals surface area contributed by atoms with Crippen molar-refractivity contribution in [2.45, 2.75) is 6.43 Å². The van der Waals surface area contributed by atoms with Gasteiger partial charge in [-0.1, -0.05) is 0 Å². The number of rotatable bonds is 9. The third-order valence-corrected chi connectivity index (χ3v) is 6.48. The van der Waals surface area contributed by atoms with Crippen molar-refractivity contribution in [3.63, 3.8) is 0 Å². The predicted octanol–water partition coefficient (Wildman–Crippen LogP) is 3.47. The van der Waals surface area contributed by atoms with E-state index in [0.717, 1.165) is 19.2 Å². The number of amides is 3. The lowest BCUT2D eigenvalue weighted by atomic mass is 10.2. The van der Waals surface area contributed by atoms with Crippen molar-refractivity contribution in [3.05, 3.63) is 66.2 Å². The summed E-state index contributed by atoms with van der Waals surface area (Å²) in [5, 5.41) is 7.59. The van der Waals surface area contributed by atoms with Gasteiger partial charge in [0.2, 0.25) is 0 Å². The highest BCUT2D eigenvalue weighted by atomic mass is 19.3. The minimum atomic E-state index is -2.82. The molecule has 41 heavy (non-hydrogen) atoms. The number of alkyl halides is 2. The van der Waals surface area contributed by atoms with Gasteiger partial charge in [0.1, 0.15) is 25.0 Å². The summed E-state index contributed by atoms with van der Waals surface area (Å²) in [6, 6.07) is 9.53. The Balaban J connectivity index is 1.19. The van der Waals surface area contributed by atoms with Gasteiger partial charge in [0.15, 0.2) is 17.0 Å². The van der Waals surface area contributed by atoms with E-state index in [1.54, 1.807) is 42.2 Å². The van der Waals surface area contributed by atoms with Gasteiger partial charge in [-0.3, -0.25) is 19.6 Å². The molecule has 1 fully saturated rings. The molecule has 0 aliphatic carbocycles. The number of nitrogens with zero attached hydrogens (tertiary/aromatic N) is 5. The first-order valence-corrected chi connectivity index (χ1v) is 12.9. The van der Waals surface area contributed by atoms with Crippen molar-refractivity contribution in [3.8, 4) is 11.4 Å². The molecule has 1 aliphatic rings. The summed E-state index contributed by atoms with van der Waals surface area (Å²) in [5.41, 5.74) is 1.83. The molecule has 1 aliphatic heterocycles. The third-order valence-electron chi connectivity index (χ3n) is 6.48. The second kappa shape index (κ2) is 12.7. The zero-order valence-corrected chi connectivity index (χ0v) is 22.1. The van der Waals surface area contributed by atoms with E-state index in [1.165, 1.54) is 18.5 Å². The Morgan fingerprint density at radius 3 is 2.59 bits per heavy atom. The van der Waals surface area contributed by atoms with Crippen molar-refractivity contribution in [1.82, 2.24) is 29.7 Å². The Hall–Kier alpha value is -4.69. The van der Waals surface area contributed by atoms with E-state index in [9.17, 15) is 18.4 Å². The summed E-state index contributed by atoms with van der Waals surface area (Å²) in [6.45, 7) is 3.62. The Morgan fingerprint density at radius 2 is 1.85 bits per heavy atom. The fourth-order valence-electron chi connectivity index (χ4n) is 4.36. The monoisotopic (exact) mass is 566 g/mol. The van der Waals surface area contributed by atoms with E-state index in [4.69, 9.17) is 9.47 Å². The van der Waals surface area contributed by atoms with Crippen LogP contribution in [0.4, 0.5) is 25.1 Å². The smallest absolute Gasteiger partial charge is 0.326 e. The Kier molecular flexibility index (Phi) is 8.60. The molecule has 0 bridgehead atoms. The molecular weight excluding hydrogens is 538 g/mol. The minimum Gasteiger partial charge on any atom is -0.492 e. The van der Waals surface area contributed by atoms with Crippen LogP contribution in [0.2, 0.25) is 0 Å². The summed E-state index contributed by atoms with van der Waals surface area (Å²) >= 11 is 0. The van der Waals surface area contributed by atoms with Crippen LogP contribution in [-0.2, 0) is 4.74 Å². The zero-order valence-electron chi connectivity index (χ0n) is 22.1. The van der Waals surface area contributed by atoms with Gasteiger partial charge in [-0.2, -0.15) is 0 Å². The Bertz CT molecular complexity index is 1520. The number of aromatic nitrogens is 4. The maximum Gasteiger partial charge on any atom is 0.326 e. The van der Waals surface area contributed by atoms with Crippen LogP contribution in [-0.4, -0.2) is 82.9 Å². The number of morpholine rings is 1. The Labute approximate surface area is 233 Å². The average molecular weight is 567 g/mol. The van der Waals surface area contributed by atoms with Crippen LogP contribution in [0.1, 0.15) is 22.3 Å². The second-order valence-corrected chi connectivity index (χ2v) is 9.07. The number of hydrogen-bond acceptors (Lipinski definition) is 9. The van der Waals surface area contributed by atoms with E-state index >= 15 is 0 Å². The van der Waals surface area contributed by atoms with Crippen LogP contribution in [0.25, 0.3) is 16.9 Å². The number of nitrogens with one attached hydrogen (secondary N) is 3. The van der Waals surface area contributed by atoms with Crippen LogP contribution in [0.3, 0.4) is 0 Å². The van der Waals surface area contributed by atoms with E-state index < -0.39 is 18.4 Å². The van der Waals surface area contributed by atoms with E-state index in [1.807, 2.05) is 0 Å². The van der Waals surface area contributed by atoms with Gasteiger partial charge in [0, 0.05) is 43.6 Å². The lowest BCUT2D eigenvalue weighted by molar-refractivity contribution is 0.0319. The molecule has 214 valence electrons. The van der Waals surface area contributed by atoms with Gasteiger partial charge in [-0.25, -0.2) is 28.5 Å². The molecule has 2 aromatic heterocycles. The van der Waals surface area contributed by atoms with Gasteiger partial charge in [-0.15, -0.1) is 0 Å². The van der Waals surface area contributed by atoms with Crippen molar-refractivity contribution in [2.75, 3.05) is 57.1 Å². The molecule has 0 saturated carbocycles. The fraction of sp³-hybridized carbons (Fsp3) is 0.296. The molecular formula is C27H28F2N8O4. The highest BCUT2D eigenvalue weighted by molar-refractivity contribution is 6.08. The van der Waals surface area contributed by atoms with Crippen molar-refractivity contribution in [2.24, 2.45) is 0 Å². The van der Waals surface area contributed by atoms with Crippen LogP contribution < -0.4 is 20.7 Å². The zero-order chi connectivity index (χ0) is 28.8. The minimum absolute atomic E-state index is 0.0368. The first-order valence-electron chi connectivity index (χ1n) is 12.9. The Morgan fingerprint density at radius 1 is 1.07 bits per heavy atom. The number of benzene rings is 2. The molecule has 3 heterocycles. The quantitative estimate of drug-likeness (QED) is 0.278. The van der Waals surface area contributed by atoms with Crippen molar-refractivity contribution >= 4 is 34.6 Å². The molecule has 2 aromatic carbocycles. The first kappa shape index (κ1) is 27.9. The van der Waals surface area contributed by atoms with E-state index in [2.05, 4.69) is 35.8 Å². The molecule has 0 radical (unpaired) electrons. The van der Waals surface area contributed by atoms with Gasteiger partial charge in [0.25, 0.3) is 12.3 Å². The average Bonchev–Trinajstić information content (AvgIpc) is 3.43. The van der Waals surface area contributed by atoms with Crippen molar-refractivity contribution in [1.29, 1.82) is 0 Å². The summed E-state index contributed by atoms with van der Waals surface area (Å²) in [4.78, 5) is 40.0. The standard InChI is InChI=1S/C27H28F2N8O4/c1-30-24-22-25(32-15-31-24)37(16-33-22)19-5-2-17(3-6-19)26(38)35-27(39)34-18-4-7-21(20(14-18)23(28)29)41-13-10-36-8-11-40-12-9-36/h2-7,14-16,23H,8-13H2,1H3,(H,30,31,32)(H2,34,35,38,39). The number of carbonyl (C=O) groups is 2. The number of anilines is 2. The predicted molar refractivity (Wildman–Crippen MR) is 147 cm³/mol. The molecule has 5 rings (SSSR count). The number of fused-ring (bicyclic) bond motifs is 1. The second-order valence-electron chi connectivity index (χ2n) is 9.07. The maximum atomic E-state index is 13.7. The maximum absolute atomic E-state index is 13.7. The van der Waals surface area contributed by atoms with Gasteiger partial charge in [-0.05, 0) is 42.5 Å². The van der Waals surface area contributed by atoms with E-state index in [0.29, 0.717) is 42.4 Å². The molecule has 0 unspecified atom stereocenters. The highest BCUT2D eigenvalue weighted by Crippen LogP contribution is 2.31. The SMILES string of the molecule is CNc1ncnc2c1ncn2-c1ccc(C(=O)NC(=O)Nc2ccc(OCCN3CCOCC3)c(C(F)F)c2)cc1. The largest absolute Gasteiger partial charge is 0.492 e. The highest BCUT2D eigenvalue weighted by Gasteiger charge is 2.18. The topological polar surface area (TPSA) is 136 Å². The van der Waals surface area contributed by atoms with Gasteiger partial charge in [0.05, 0.1) is 18.8 Å². The summed E-state index contributed by atoms with van der Waals surface area (Å²) in [6.07, 6.45) is 0.198. The normalized spacial score (nSPS) is 13.8. The third kappa shape index (κ3) is 6.56. The van der Waals surface area contributed by atoms with Crippen LogP contribution in [0.15, 0.2) is 55.1 Å². The number of urea groups is 1. The molecule has 1 saturated heterocycles. The number of halogens is 2. The van der Waals surface area contributed by atoms with Crippen LogP contribution in [0, 0.1) is 0 Å². The summed E-state index contributed by atoms with van der Waals surface area (Å²) < 4.78 is 40.1. The summed E-state index contributed by atoms with van der Waals surface area (Å²) in [5.74, 6) is -0.0430. The fourth-order valence-corrected chi connectivity index (χ4v) is 4.36. The molecule has 4 aromatic rings. The van der Waals surface area contributed by atoms with Gasteiger partial charge >= 0.3 is 6.03 Å². The first-order chi connectivity index (χ1) is 19.9. The molecule has 0 spiro atoms. The van der Waals surface area contributed by atoms with E-state index in [-0.39, 0.29) is 29.2 Å². The number of imidazole rings is 1. The lowest BCUT2D eigenvalue weighted by Crippen LogP contribution is -2.38. The van der Waals surface area contributed by atoms with Crippen molar-refractivity contribution < 1.29 is 27.8 Å².